The summed E-state index contributed by atoms with van der Waals surface area (Å²) in [5, 5.41) is 5.69. The number of rotatable bonds is 7. The zero-order chi connectivity index (χ0) is 21.0. The molecule has 0 aliphatic carbocycles. The van der Waals surface area contributed by atoms with Gasteiger partial charge in [-0.1, -0.05) is 52.0 Å². The number of benzene rings is 2. The van der Waals surface area contributed by atoms with Crippen LogP contribution in [0.15, 0.2) is 42.5 Å². The lowest BCUT2D eigenvalue weighted by molar-refractivity contribution is -0.121. The molecule has 2 aromatic carbocycles. The molecule has 1 aliphatic rings. The van der Waals surface area contributed by atoms with Gasteiger partial charge < -0.3 is 20.1 Å². The average Bonchev–Trinajstić information content (AvgIpc) is 3.18. The highest BCUT2D eigenvalue weighted by molar-refractivity contribution is 5.97. The number of carbonyl (C=O) groups is 2. The van der Waals surface area contributed by atoms with E-state index in [1.807, 2.05) is 0 Å². The van der Waals surface area contributed by atoms with Crippen LogP contribution in [0.3, 0.4) is 0 Å². The fraction of sp³-hybridized carbons (Fsp3) is 0.391. The number of amides is 2. The Kier molecular flexibility index (Phi) is 6.42. The molecule has 29 heavy (non-hydrogen) atoms. The Balaban J connectivity index is 1.58. The van der Waals surface area contributed by atoms with E-state index in [0.717, 1.165) is 5.56 Å². The Labute approximate surface area is 171 Å². The molecule has 3 rings (SSSR count). The van der Waals surface area contributed by atoms with Crippen LogP contribution in [0.25, 0.3) is 0 Å². The summed E-state index contributed by atoms with van der Waals surface area (Å²) in [6.45, 7) is 8.48. The van der Waals surface area contributed by atoms with Crippen LogP contribution in [0, 0.1) is 5.92 Å². The first kappa shape index (κ1) is 20.7. The van der Waals surface area contributed by atoms with Crippen LogP contribution in [-0.2, 0) is 4.79 Å². The van der Waals surface area contributed by atoms with Gasteiger partial charge in [0.05, 0.1) is 12.6 Å². The molecule has 2 amide bonds. The maximum Gasteiger partial charge on any atom is 0.251 e. The second-order valence-corrected chi connectivity index (χ2v) is 7.86. The second kappa shape index (κ2) is 8.99. The minimum atomic E-state index is -0.333. The van der Waals surface area contributed by atoms with Gasteiger partial charge in [0.15, 0.2) is 11.5 Å². The van der Waals surface area contributed by atoms with Crippen molar-refractivity contribution in [1.82, 2.24) is 10.6 Å². The van der Waals surface area contributed by atoms with Crippen LogP contribution in [0.5, 0.6) is 11.5 Å². The summed E-state index contributed by atoms with van der Waals surface area (Å²) in [7, 11) is 0. The molecule has 6 nitrogen and oxygen atoms in total. The van der Waals surface area contributed by atoms with E-state index in [-0.39, 0.29) is 37.1 Å². The molecule has 0 radical (unpaired) electrons. The molecular formula is C23H28N2O4. The van der Waals surface area contributed by atoms with Gasteiger partial charge in [0.25, 0.3) is 5.91 Å². The third-order valence-electron chi connectivity index (χ3n) is 4.99. The number of hydrogen-bond acceptors (Lipinski definition) is 4. The number of nitrogens with one attached hydrogen (secondary N) is 2. The van der Waals surface area contributed by atoms with Crippen molar-refractivity contribution in [2.45, 2.75) is 39.7 Å². The monoisotopic (exact) mass is 396 g/mol. The Morgan fingerprint density at radius 1 is 0.931 bits per heavy atom. The van der Waals surface area contributed by atoms with Crippen molar-refractivity contribution < 1.29 is 19.1 Å². The highest BCUT2D eigenvalue weighted by Crippen LogP contribution is 2.32. The predicted octanol–water partition coefficient (Wildman–Crippen LogP) is 3.78. The van der Waals surface area contributed by atoms with Crippen molar-refractivity contribution in [2.24, 2.45) is 5.92 Å². The summed E-state index contributed by atoms with van der Waals surface area (Å²) in [4.78, 5) is 24.8. The maximum absolute atomic E-state index is 12.5. The van der Waals surface area contributed by atoms with E-state index in [0.29, 0.717) is 23.0 Å². The normalized spacial score (nSPS) is 13.4. The van der Waals surface area contributed by atoms with Crippen LogP contribution in [-0.4, -0.2) is 25.2 Å². The Bertz CT molecular complexity index is 875. The van der Waals surface area contributed by atoms with E-state index in [2.05, 4.69) is 62.6 Å². The van der Waals surface area contributed by atoms with E-state index in [4.69, 9.17) is 9.47 Å². The van der Waals surface area contributed by atoms with E-state index < -0.39 is 0 Å². The molecule has 1 heterocycles. The van der Waals surface area contributed by atoms with Crippen LogP contribution in [0.4, 0.5) is 0 Å². The van der Waals surface area contributed by atoms with Crippen LogP contribution in [0.1, 0.15) is 61.1 Å². The molecule has 1 aliphatic heterocycles. The van der Waals surface area contributed by atoms with Gasteiger partial charge in [-0.05, 0) is 41.2 Å². The van der Waals surface area contributed by atoms with Crippen molar-refractivity contribution in [3.63, 3.8) is 0 Å². The third kappa shape index (κ3) is 5.08. The molecule has 0 saturated carbocycles. The Hall–Kier alpha value is -3.02. The molecule has 0 saturated heterocycles. The lowest BCUT2D eigenvalue weighted by atomic mass is 9.93. The minimum Gasteiger partial charge on any atom is -0.454 e. The lowest BCUT2D eigenvalue weighted by Gasteiger charge is -2.23. The summed E-state index contributed by atoms with van der Waals surface area (Å²) in [5.41, 5.74) is 2.74. The van der Waals surface area contributed by atoms with Gasteiger partial charge in [-0.2, -0.15) is 0 Å². The largest absolute Gasteiger partial charge is 0.454 e. The average molecular weight is 396 g/mol. The molecule has 1 atom stereocenters. The molecule has 154 valence electrons. The fourth-order valence-corrected chi connectivity index (χ4v) is 3.25. The van der Waals surface area contributed by atoms with Crippen LogP contribution < -0.4 is 20.1 Å². The molecule has 1 unspecified atom stereocenters. The molecular weight excluding hydrogens is 368 g/mol. The first-order valence-corrected chi connectivity index (χ1v) is 9.92. The number of fused-ring (bicyclic) bond motifs is 1. The minimum absolute atomic E-state index is 0.0967. The van der Waals surface area contributed by atoms with Crippen molar-refractivity contribution in [2.75, 3.05) is 13.3 Å². The van der Waals surface area contributed by atoms with Gasteiger partial charge in [0, 0.05) is 5.56 Å². The summed E-state index contributed by atoms with van der Waals surface area (Å²) < 4.78 is 10.5. The summed E-state index contributed by atoms with van der Waals surface area (Å²) in [6, 6.07) is 13.2. The van der Waals surface area contributed by atoms with E-state index >= 15 is 0 Å². The van der Waals surface area contributed by atoms with Crippen LogP contribution >= 0.6 is 0 Å². The Morgan fingerprint density at radius 3 is 2.24 bits per heavy atom. The van der Waals surface area contributed by atoms with Gasteiger partial charge in [0.1, 0.15) is 0 Å². The van der Waals surface area contributed by atoms with Gasteiger partial charge in [-0.25, -0.2) is 0 Å². The zero-order valence-electron chi connectivity index (χ0n) is 17.3. The van der Waals surface area contributed by atoms with Crippen molar-refractivity contribution in [1.29, 1.82) is 0 Å². The van der Waals surface area contributed by atoms with E-state index in [9.17, 15) is 9.59 Å². The van der Waals surface area contributed by atoms with Gasteiger partial charge in [0.2, 0.25) is 12.7 Å². The highest BCUT2D eigenvalue weighted by Gasteiger charge is 2.20. The third-order valence-corrected chi connectivity index (χ3v) is 4.99. The quantitative estimate of drug-likeness (QED) is 0.747. The topological polar surface area (TPSA) is 76.7 Å². The summed E-state index contributed by atoms with van der Waals surface area (Å²) in [5.74, 6) is 1.26. The van der Waals surface area contributed by atoms with Gasteiger partial charge >= 0.3 is 0 Å². The second-order valence-electron chi connectivity index (χ2n) is 7.86. The lowest BCUT2D eigenvalue weighted by Crippen LogP contribution is -2.40. The molecule has 6 heteroatoms. The molecule has 0 spiro atoms. The predicted molar refractivity (Wildman–Crippen MR) is 111 cm³/mol. The van der Waals surface area contributed by atoms with Crippen molar-refractivity contribution in [3.05, 3.63) is 59.2 Å². The molecule has 0 aromatic heterocycles. The standard InChI is InChI=1S/C23H28N2O4/c1-14(2)16-5-7-17(8-6-16)22(15(3)4)25-21(26)12-24-23(27)18-9-10-19-20(11-18)29-13-28-19/h5-11,14-15,22H,12-13H2,1-4H3,(H,24,27)(H,25,26). The number of carbonyl (C=O) groups excluding carboxylic acids is 2. The van der Waals surface area contributed by atoms with Crippen LogP contribution in [0.2, 0.25) is 0 Å². The fourth-order valence-electron chi connectivity index (χ4n) is 3.25. The van der Waals surface area contributed by atoms with Gasteiger partial charge in [-0.3, -0.25) is 9.59 Å². The molecule has 0 bridgehead atoms. The van der Waals surface area contributed by atoms with E-state index in [1.54, 1.807) is 18.2 Å². The Morgan fingerprint density at radius 2 is 1.59 bits per heavy atom. The highest BCUT2D eigenvalue weighted by atomic mass is 16.7. The molecule has 2 aromatic rings. The summed E-state index contributed by atoms with van der Waals surface area (Å²) in [6.07, 6.45) is 0. The number of hydrogen-bond donors (Lipinski definition) is 2. The van der Waals surface area contributed by atoms with Gasteiger partial charge in [-0.15, -0.1) is 0 Å². The zero-order valence-corrected chi connectivity index (χ0v) is 17.3. The van der Waals surface area contributed by atoms with Crippen molar-refractivity contribution in [3.8, 4) is 11.5 Å². The summed E-state index contributed by atoms with van der Waals surface area (Å²) >= 11 is 0. The van der Waals surface area contributed by atoms with E-state index in [1.165, 1.54) is 5.56 Å². The smallest absolute Gasteiger partial charge is 0.251 e. The first-order chi connectivity index (χ1) is 13.8. The molecule has 0 fully saturated rings. The maximum atomic E-state index is 12.5. The first-order valence-electron chi connectivity index (χ1n) is 9.92. The number of ether oxygens (including phenoxy) is 2. The van der Waals surface area contributed by atoms with Crippen molar-refractivity contribution >= 4 is 11.8 Å². The molecule has 2 N–H and O–H groups in total. The SMILES string of the molecule is CC(C)c1ccc(C(NC(=O)CNC(=O)c2ccc3c(c2)OCO3)C(C)C)cc1.